The second kappa shape index (κ2) is 10.9. The van der Waals surface area contributed by atoms with Crippen LogP contribution in [-0.4, -0.2) is 47.5 Å². The van der Waals surface area contributed by atoms with Gasteiger partial charge in [0.1, 0.15) is 23.2 Å². The predicted octanol–water partition coefficient (Wildman–Crippen LogP) is 4.50. The van der Waals surface area contributed by atoms with Crippen LogP contribution in [-0.2, 0) is 14.4 Å². The average molecular weight is 542 g/mol. The summed E-state index contributed by atoms with van der Waals surface area (Å²) < 4.78 is 10.8. The summed E-state index contributed by atoms with van der Waals surface area (Å²) in [7, 11) is 2.98. The minimum absolute atomic E-state index is 0.375. The number of carbonyl (C=O) groups is 3. The van der Waals surface area contributed by atoms with Gasteiger partial charge in [-0.25, -0.2) is 0 Å². The Morgan fingerprint density at radius 3 is 2.05 bits per heavy atom. The highest BCUT2D eigenvalue weighted by molar-refractivity contribution is 6.11. The van der Waals surface area contributed by atoms with Gasteiger partial charge in [0.05, 0.1) is 37.1 Å². The number of ether oxygens (including phenoxy) is 2. The zero-order valence-corrected chi connectivity index (χ0v) is 22.4. The van der Waals surface area contributed by atoms with Crippen LogP contribution in [0.4, 0.5) is 11.4 Å². The Labute approximate surface area is 231 Å². The van der Waals surface area contributed by atoms with Crippen LogP contribution in [0, 0.1) is 11.8 Å². The molecule has 0 aliphatic heterocycles. The van der Waals surface area contributed by atoms with Crippen molar-refractivity contribution in [2.75, 3.05) is 24.9 Å². The molecular formula is C31H31N3O6. The number of ketones is 1. The van der Waals surface area contributed by atoms with E-state index in [0.29, 0.717) is 28.4 Å². The van der Waals surface area contributed by atoms with E-state index in [2.05, 4.69) is 15.6 Å². The number of carbonyl (C=O) groups excluding carboxylic acids is 3. The fraction of sp³-hybridized carbons (Fsp3) is 0.258. The Morgan fingerprint density at radius 2 is 1.43 bits per heavy atom. The summed E-state index contributed by atoms with van der Waals surface area (Å²) in [4.78, 5) is 44.8. The lowest BCUT2D eigenvalue weighted by Gasteiger charge is -2.44. The highest BCUT2D eigenvalue weighted by atomic mass is 16.5. The number of H-pyrrole nitrogens is 1. The molecular weight excluding hydrogens is 510 g/mol. The molecule has 4 unspecified atom stereocenters. The summed E-state index contributed by atoms with van der Waals surface area (Å²) in [6.45, 7) is 1.47. The third kappa shape index (κ3) is 4.91. The van der Waals surface area contributed by atoms with Crippen LogP contribution in [0.3, 0.4) is 0 Å². The molecule has 4 N–H and O–H groups in total. The van der Waals surface area contributed by atoms with Gasteiger partial charge in [-0.3, -0.25) is 14.4 Å². The second-order valence-electron chi connectivity index (χ2n) is 10.2. The van der Waals surface area contributed by atoms with E-state index >= 15 is 0 Å². The zero-order valence-electron chi connectivity index (χ0n) is 22.4. The number of hydrogen-bond donors (Lipinski definition) is 4. The lowest BCUT2D eigenvalue weighted by molar-refractivity contribution is -0.150. The number of fused-ring (bicyclic) bond motifs is 1. The normalized spacial score (nSPS) is 22.5. The molecule has 206 valence electrons. The van der Waals surface area contributed by atoms with Crippen LogP contribution < -0.4 is 20.1 Å². The summed E-state index contributed by atoms with van der Waals surface area (Å²) >= 11 is 0. The summed E-state index contributed by atoms with van der Waals surface area (Å²) in [5, 5.41) is 18.1. The number of methoxy groups -OCH3 is 2. The Kier molecular flexibility index (Phi) is 7.32. The molecule has 0 saturated heterocycles. The molecule has 9 nitrogen and oxygen atoms in total. The van der Waals surface area contributed by atoms with E-state index in [-0.39, 0.29) is 6.42 Å². The quantitative estimate of drug-likeness (QED) is 0.255. The lowest BCUT2D eigenvalue weighted by atomic mass is 9.61. The van der Waals surface area contributed by atoms with Crippen LogP contribution >= 0.6 is 0 Å². The van der Waals surface area contributed by atoms with E-state index in [1.54, 1.807) is 54.7 Å². The number of anilines is 2. The van der Waals surface area contributed by atoms with Crippen LogP contribution in [0.2, 0.25) is 0 Å². The highest BCUT2D eigenvalue weighted by Gasteiger charge is 2.56. The summed E-state index contributed by atoms with van der Waals surface area (Å²) in [5.41, 5.74) is 0.434. The SMILES string of the molecule is COc1ccccc1NC(=O)C1C(=O)CC(C)(O)C(C(=O)Nc2ccccc2OC)C1c1c[nH]c2ccccc12. The first-order valence-corrected chi connectivity index (χ1v) is 12.9. The number of amides is 2. The van der Waals surface area contributed by atoms with E-state index in [4.69, 9.17) is 9.47 Å². The van der Waals surface area contributed by atoms with Crippen molar-refractivity contribution in [2.24, 2.45) is 11.8 Å². The fourth-order valence-corrected chi connectivity index (χ4v) is 5.75. The molecule has 2 amide bonds. The molecule has 1 aromatic heterocycles. The summed E-state index contributed by atoms with van der Waals surface area (Å²) in [6.07, 6.45) is 1.33. The number of para-hydroxylation sites is 5. The predicted molar refractivity (Wildman–Crippen MR) is 152 cm³/mol. The first-order valence-electron chi connectivity index (χ1n) is 12.9. The molecule has 4 aromatic rings. The van der Waals surface area contributed by atoms with Gasteiger partial charge in [0.15, 0.2) is 0 Å². The first kappa shape index (κ1) is 27.0. The number of aromatic amines is 1. The van der Waals surface area contributed by atoms with Gasteiger partial charge >= 0.3 is 0 Å². The van der Waals surface area contributed by atoms with Gasteiger partial charge in [0.25, 0.3) is 0 Å². The van der Waals surface area contributed by atoms with Crippen LogP contribution in [0.5, 0.6) is 11.5 Å². The molecule has 0 bridgehead atoms. The number of rotatable bonds is 7. The number of Topliss-reactive ketones (excluding diaryl/α,β-unsaturated/α-hetero) is 1. The lowest BCUT2D eigenvalue weighted by Crippen LogP contribution is -2.56. The second-order valence-corrected chi connectivity index (χ2v) is 10.2. The maximum absolute atomic E-state index is 14.0. The molecule has 4 atom stereocenters. The number of aromatic nitrogens is 1. The molecule has 1 saturated carbocycles. The van der Waals surface area contributed by atoms with Gasteiger partial charge in [0, 0.05) is 29.4 Å². The van der Waals surface area contributed by atoms with E-state index in [1.807, 2.05) is 24.3 Å². The Morgan fingerprint density at radius 1 is 0.875 bits per heavy atom. The Balaban J connectivity index is 1.62. The Hall–Kier alpha value is -4.63. The van der Waals surface area contributed by atoms with Crippen molar-refractivity contribution in [1.82, 2.24) is 4.98 Å². The van der Waals surface area contributed by atoms with Crippen molar-refractivity contribution in [1.29, 1.82) is 0 Å². The maximum atomic E-state index is 14.0. The highest BCUT2D eigenvalue weighted by Crippen LogP contribution is 2.48. The molecule has 1 aliphatic rings. The largest absolute Gasteiger partial charge is 0.495 e. The number of nitrogens with one attached hydrogen (secondary N) is 3. The van der Waals surface area contributed by atoms with Crippen molar-refractivity contribution in [3.63, 3.8) is 0 Å². The average Bonchev–Trinajstić information content (AvgIpc) is 3.36. The van der Waals surface area contributed by atoms with E-state index in [1.165, 1.54) is 21.1 Å². The van der Waals surface area contributed by atoms with Crippen molar-refractivity contribution < 1.29 is 29.0 Å². The topological polar surface area (TPSA) is 130 Å². The monoisotopic (exact) mass is 541 g/mol. The zero-order chi connectivity index (χ0) is 28.4. The number of aliphatic hydroxyl groups is 1. The third-order valence-electron chi connectivity index (χ3n) is 7.54. The van der Waals surface area contributed by atoms with E-state index < -0.39 is 41.0 Å². The van der Waals surface area contributed by atoms with Crippen LogP contribution in [0.1, 0.15) is 24.8 Å². The van der Waals surface area contributed by atoms with Crippen molar-refractivity contribution in [3.8, 4) is 11.5 Å². The van der Waals surface area contributed by atoms with Gasteiger partial charge in [-0.15, -0.1) is 0 Å². The number of hydrogen-bond acceptors (Lipinski definition) is 6. The molecule has 5 rings (SSSR count). The fourth-order valence-electron chi connectivity index (χ4n) is 5.75. The summed E-state index contributed by atoms with van der Waals surface area (Å²) in [5.74, 6) is -4.13. The van der Waals surface area contributed by atoms with Crippen molar-refractivity contribution >= 4 is 39.9 Å². The minimum atomic E-state index is -1.74. The number of benzene rings is 3. The summed E-state index contributed by atoms with van der Waals surface area (Å²) in [6, 6.07) is 21.2. The molecule has 9 heteroatoms. The van der Waals surface area contributed by atoms with Gasteiger partial charge in [-0.1, -0.05) is 42.5 Å². The van der Waals surface area contributed by atoms with Crippen LogP contribution in [0.15, 0.2) is 79.0 Å². The third-order valence-corrected chi connectivity index (χ3v) is 7.54. The smallest absolute Gasteiger partial charge is 0.235 e. The Bertz CT molecular complexity index is 1580. The van der Waals surface area contributed by atoms with Crippen molar-refractivity contribution in [3.05, 3.63) is 84.6 Å². The molecule has 0 spiro atoms. The molecule has 40 heavy (non-hydrogen) atoms. The molecule has 1 fully saturated rings. The minimum Gasteiger partial charge on any atom is -0.495 e. The standard InChI is InChI=1S/C31H31N3O6/c1-31(38)16-23(35)27(29(36)33-21-12-6-8-14-24(21)39-2)26(19-17-32-20-11-5-4-10-18(19)20)28(31)30(37)34-22-13-7-9-15-25(22)40-3/h4-15,17,26-28,32,38H,16H2,1-3H3,(H,33,36)(H,34,37). The van der Waals surface area contributed by atoms with Gasteiger partial charge < -0.3 is 30.2 Å². The van der Waals surface area contributed by atoms with Gasteiger partial charge in [0.2, 0.25) is 11.8 Å². The first-order chi connectivity index (χ1) is 19.2. The van der Waals surface area contributed by atoms with Gasteiger partial charge in [-0.2, -0.15) is 0 Å². The van der Waals surface area contributed by atoms with Crippen molar-refractivity contribution in [2.45, 2.75) is 24.9 Å². The van der Waals surface area contributed by atoms with Gasteiger partial charge in [-0.05, 0) is 42.8 Å². The molecule has 0 radical (unpaired) electrons. The maximum Gasteiger partial charge on any atom is 0.235 e. The van der Waals surface area contributed by atoms with Crippen LogP contribution in [0.25, 0.3) is 10.9 Å². The molecule has 3 aromatic carbocycles. The molecule has 1 heterocycles. The van der Waals surface area contributed by atoms with E-state index in [0.717, 1.165) is 10.9 Å². The van der Waals surface area contributed by atoms with E-state index in [9.17, 15) is 19.5 Å². The molecule has 1 aliphatic carbocycles.